The molecule has 0 amide bonds. The Labute approximate surface area is 106 Å². The van der Waals surface area contributed by atoms with E-state index in [1.165, 1.54) is 11.1 Å². The maximum atomic E-state index is 10.5. The first kappa shape index (κ1) is 11.2. The second-order valence-electron chi connectivity index (χ2n) is 4.55. The van der Waals surface area contributed by atoms with Crippen LogP contribution in [0.1, 0.15) is 28.8 Å². The van der Waals surface area contributed by atoms with Gasteiger partial charge in [-0.05, 0) is 29.7 Å². The summed E-state index contributed by atoms with van der Waals surface area (Å²) in [6.45, 7) is 0. The van der Waals surface area contributed by atoms with E-state index in [2.05, 4.69) is 17.1 Å². The van der Waals surface area contributed by atoms with Crippen molar-refractivity contribution in [3.05, 3.63) is 59.4 Å². The standard InChI is InChI=1S/C15H15NO2/c1-18-13-7-4-8-16-14(13)15(17)12-9-10-5-2-3-6-11(10)12/h2-8,12,15,17H,9H2,1H3. The fourth-order valence-electron chi connectivity index (χ4n) is 2.57. The van der Waals surface area contributed by atoms with Crippen LogP contribution >= 0.6 is 0 Å². The van der Waals surface area contributed by atoms with Crippen molar-refractivity contribution in [1.82, 2.24) is 4.98 Å². The molecule has 3 rings (SSSR count). The van der Waals surface area contributed by atoms with Gasteiger partial charge in [0.05, 0.1) is 7.11 Å². The first-order valence-corrected chi connectivity index (χ1v) is 6.06. The zero-order valence-electron chi connectivity index (χ0n) is 10.2. The number of fused-ring (bicyclic) bond motifs is 1. The number of benzene rings is 1. The molecule has 92 valence electrons. The molecule has 0 aliphatic heterocycles. The molecule has 0 radical (unpaired) electrons. The molecule has 2 atom stereocenters. The van der Waals surface area contributed by atoms with Crippen molar-refractivity contribution in [2.45, 2.75) is 18.4 Å². The first-order chi connectivity index (χ1) is 8.81. The summed E-state index contributed by atoms with van der Waals surface area (Å²) in [5.74, 6) is 0.777. The molecule has 0 spiro atoms. The van der Waals surface area contributed by atoms with Crippen LogP contribution in [0.15, 0.2) is 42.6 Å². The minimum absolute atomic E-state index is 0.130. The molecule has 0 bridgehead atoms. The summed E-state index contributed by atoms with van der Waals surface area (Å²) in [7, 11) is 1.60. The summed E-state index contributed by atoms with van der Waals surface area (Å²) < 4.78 is 5.25. The summed E-state index contributed by atoms with van der Waals surface area (Å²) in [6.07, 6.45) is 1.99. The first-order valence-electron chi connectivity index (χ1n) is 6.06. The number of hydrogen-bond donors (Lipinski definition) is 1. The molecule has 1 aliphatic rings. The van der Waals surface area contributed by atoms with E-state index in [0.717, 1.165) is 6.42 Å². The van der Waals surface area contributed by atoms with E-state index in [1.807, 2.05) is 24.3 Å². The Hall–Kier alpha value is -1.87. The molecule has 0 fully saturated rings. The Kier molecular flexibility index (Phi) is 2.76. The number of aromatic nitrogens is 1. The molecule has 1 aliphatic carbocycles. The summed E-state index contributed by atoms with van der Waals surface area (Å²) in [6, 6.07) is 11.9. The van der Waals surface area contributed by atoms with Gasteiger partial charge in [0.2, 0.25) is 0 Å². The predicted molar refractivity (Wildman–Crippen MR) is 68.6 cm³/mol. The number of methoxy groups -OCH3 is 1. The summed E-state index contributed by atoms with van der Waals surface area (Å²) in [5, 5.41) is 10.5. The lowest BCUT2D eigenvalue weighted by Crippen LogP contribution is -2.24. The predicted octanol–water partition coefficient (Wildman–Crippen LogP) is 2.46. The lowest BCUT2D eigenvalue weighted by molar-refractivity contribution is 0.126. The monoisotopic (exact) mass is 241 g/mol. The second kappa shape index (κ2) is 4.42. The van der Waals surface area contributed by atoms with Crippen LogP contribution in [-0.4, -0.2) is 17.2 Å². The fourth-order valence-corrected chi connectivity index (χ4v) is 2.57. The molecule has 1 aromatic carbocycles. The molecule has 2 aromatic rings. The number of ether oxygens (including phenoxy) is 1. The zero-order valence-corrected chi connectivity index (χ0v) is 10.2. The minimum atomic E-state index is -0.601. The van der Waals surface area contributed by atoms with Gasteiger partial charge in [-0.15, -0.1) is 0 Å². The van der Waals surface area contributed by atoms with Crippen molar-refractivity contribution in [2.24, 2.45) is 0 Å². The molecular formula is C15H15NO2. The Morgan fingerprint density at radius 2 is 2.11 bits per heavy atom. The van der Waals surface area contributed by atoms with E-state index < -0.39 is 6.10 Å². The topological polar surface area (TPSA) is 42.4 Å². The highest BCUT2D eigenvalue weighted by atomic mass is 16.5. The Morgan fingerprint density at radius 3 is 2.89 bits per heavy atom. The van der Waals surface area contributed by atoms with Crippen molar-refractivity contribution < 1.29 is 9.84 Å². The Morgan fingerprint density at radius 1 is 1.28 bits per heavy atom. The van der Waals surface area contributed by atoms with Crippen molar-refractivity contribution in [1.29, 1.82) is 0 Å². The summed E-state index contributed by atoms with van der Waals surface area (Å²) >= 11 is 0. The highest BCUT2D eigenvalue weighted by Gasteiger charge is 2.34. The Balaban J connectivity index is 1.91. The van der Waals surface area contributed by atoms with Gasteiger partial charge in [-0.25, -0.2) is 0 Å². The van der Waals surface area contributed by atoms with Gasteiger partial charge in [0.25, 0.3) is 0 Å². The summed E-state index contributed by atoms with van der Waals surface area (Å²) in [5.41, 5.74) is 3.16. The quantitative estimate of drug-likeness (QED) is 0.897. The number of aliphatic hydroxyl groups is 1. The van der Waals surface area contributed by atoms with Gasteiger partial charge in [-0.2, -0.15) is 0 Å². The van der Waals surface area contributed by atoms with Gasteiger partial charge >= 0.3 is 0 Å². The smallest absolute Gasteiger partial charge is 0.143 e. The number of pyridine rings is 1. The highest BCUT2D eigenvalue weighted by Crippen LogP contribution is 2.44. The second-order valence-corrected chi connectivity index (χ2v) is 4.55. The molecule has 0 saturated carbocycles. The van der Waals surface area contributed by atoms with Gasteiger partial charge in [-0.1, -0.05) is 24.3 Å². The normalized spacial score (nSPS) is 18.7. The van der Waals surface area contributed by atoms with Crippen LogP contribution in [0.25, 0.3) is 0 Å². The van der Waals surface area contributed by atoms with E-state index in [-0.39, 0.29) is 5.92 Å². The van der Waals surface area contributed by atoms with Crippen molar-refractivity contribution >= 4 is 0 Å². The largest absolute Gasteiger partial charge is 0.495 e. The van der Waals surface area contributed by atoms with Crippen LogP contribution in [0.4, 0.5) is 0 Å². The van der Waals surface area contributed by atoms with E-state index in [1.54, 1.807) is 13.3 Å². The van der Waals surface area contributed by atoms with E-state index in [0.29, 0.717) is 11.4 Å². The van der Waals surface area contributed by atoms with Crippen molar-refractivity contribution in [3.8, 4) is 5.75 Å². The number of aliphatic hydroxyl groups excluding tert-OH is 1. The minimum Gasteiger partial charge on any atom is -0.495 e. The van der Waals surface area contributed by atoms with E-state index >= 15 is 0 Å². The Bertz CT molecular complexity index is 568. The van der Waals surface area contributed by atoms with E-state index in [9.17, 15) is 5.11 Å². The van der Waals surface area contributed by atoms with Crippen LogP contribution < -0.4 is 4.74 Å². The number of rotatable bonds is 3. The third-order valence-electron chi connectivity index (χ3n) is 3.58. The van der Waals surface area contributed by atoms with Gasteiger partial charge < -0.3 is 9.84 Å². The van der Waals surface area contributed by atoms with Gasteiger partial charge in [0.1, 0.15) is 17.5 Å². The van der Waals surface area contributed by atoms with Gasteiger partial charge in [-0.3, -0.25) is 4.98 Å². The van der Waals surface area contributed by atoms with Crippen LogP contribution in [0.3, 0.4) is 0 Å². The maximum Gasteiger partial charge on any atom is 0.143 e. The SMILES string of the molecule is COc1cccnc1C(O)C1Cc2ccccc21. The van der Waals surface area contributed by atoms with Crippen LogP contribution in [-0.2, 0) is 6.42 Å². The summed E-state index contributed by atoms with van der Waals surface area (Å²) in [4.78, 5) is 4.25. The highest BCUT2D eigenvalue weighted by molar-refractivity contribution is 5.43. The third kappa shape index (κ3) is 1.68. The van der Waals surface area contributed by atoms with Crippen LogP contribution in [0, 0.1) is 0 Å². The molecule has 1 aromatic heterocycles. The molecule has 3 nitrogen and oxygen atoms in total. The number of hydrogen-bond acceptors (Lipinski definition) is 3. The third-order valence-corrected chi connectivity index (χ3v) is 3.58. The lowest BCUT2D eigenvalue weighted by Gasteiger charge is -2.33. The van der Waals surface area contributed by atoms with Gasteiger partial charge in [0.15, 0.2) is 0 Å². The van der Waals surface area contributed by atoms with Crippen LogP contribution in [0.5, 0.6) is 5.75 Å². The molecule has 3 heteroatoms. The molecule has 18 heavy (non-hydrogen) atoms. The average Bonchev–Trinajstić information content (AvgIpc) is 2.40. The molecule has 1 heterocycles. The average molecular weight is 241 g/mol. The van der Waals surface area contributed by atoms with Gasteiger partial charge in [0, 0.05) is 12.1 Å². The van der Waals surface area contributed by atoms with Crippen LogP contribution in [0.2, 0.25) is 0 Å². The zero-order chi connectivity index (χ0) is 12.5. The van der Waals surface area contributed by atoms with Crippen molar-refractivity contribution in [2.75, 3.05) is 7.11 Å². The maximum absolute atomic E-state index is 10.5. The molecule has 0 saturated heterocycles. The fraction of sp³-hybridized carbons (Fsp3) is 0.267. The van der Waals surface area contributed by atoms with E-state index in [4.69, 9.17) is 4.74 Å². The molecule has 1 N–H and O–H groups in total. The molecular weight excluding hydrogens is 226 g/mol. The van der Waals surface area contributed by atoms with Crippen molar-refractivity contribution in [3.63, 3.8) is 0 Å². The molecule has 2 unspecified atom stereocenters. The lowest BCUT2D eigenvalue weighted by atomic mass is 9.73. The number of nitrogens with zero attached hydrogens (tertiary/aromatic N) is 1.